The first-order valence-corrected chi connectivity index (χ1v) is 7.12. The third-order valence-corrected chi connectivity index (χ3v) is 4.44. The minimum atomic E-state index is -1.05. The van der Waals surface area contributed by atoms with E-state index in [1.807, 2.05) is 13.0 Å². The van der Waals surface area contributed by atoms with Crippen molar-refractivity contribution in [2.75, 3.05) is 0 Å². The summed E-state index contributed by atoms with van der Waals surface area (Å²) < 4.78 is 0. The molecule has 2 aliphatic rings. The maximum atomic E-state index is 12.7. The standard InChI is InChI=1S/C15H17N3O3/c1-10-5-4-8-16-11(10)9-18-13(20)15(6-2-3-7-15)12(19)17-14(18)21/h4-5,8H,2-3,6-7,9H2,1H3,(H,17,19,21). The molecular weight excluding hydrogens is 270 g/mol. The van der Waals surface area contributed by atoms with Crippen LogP contribution in [0, 0.1) is 12.3 Å². The number of urea groups is 1. The number of aryl methyl sites for hydroxylation is 1. The third-order valence-electron chi connectivity index (χ3n) is 4.44. The first-order valence-electron chi connectivity index (χ1n) is 7.12. The van der Waals surface area contributed by atoms with Crippen molar-refractivity contribution in [1.82, 2.24) is 15.2 Å². The summed E-state index contributed by atoms with van der Waals surface area (Å²) in [7, 11) is 0. The number of pyridine rings is 1. The van der Waals surface area contributed by atoms with Crippen LogP contribution in [0.2, 0.25) is 0 Å². The number of carbonyl (C=O) groups is 3. The Bertz CT molecular complexity index is 620. The number of carbonyl (C=O) groups excluding carboxylic acids is 3. The summed E-state index contributed by atoms with van der Waals surface area (Å²) in [5, 5.41) is 2.33. The Hall–Kier alpha value is -2.24. The normalized spacial score (nSPS) is 21.0. The molecule has 3 rings (SSSR count). The highest BCUT2D eigenvalue weighted by atomic mass is 16.2. The summed E-state index contributed by atoms with van der Waals surface area (Å²) >= 11 is 0. The van der Waals surface area contributed by atoms with Crippen LogP contribution in [-0.2, 0) is 16.1 Å². The monoisotopic (exact) mass is 287 g/mol. The first kappa shape index (κ1) is 13.7. The number of rotatable bonds is 2. The van der Waals surface area contributed by atoms with E-state index < -0.39 is 17.4 Å². The van der Waals surface area contributed by atoms with Gasteiger partial charge in [0.25, 0.3) is 0 Å². The molecule has 2 heterocycles. The molecule has 1 aliphatic carbocycles. The molecule has 1 aliphatic heterocycles. The molecule has 1 aromatic heterocycles. The Labute approximate surface area is 122 Å². The van der Waals surface area contributed by atoms with Crippen LogP contribution in [0.1, 0.15) is 36.9 Å². The average Bonchev–Trinajstić information content (AvgIpc) is 2.95. The molecule has 2 fully saturated rings. The van der Waals surface area contributed by atoms with E-state index in [0.717, 1.165) is 23.3 Å². The fraction of sp³-hybridized carbons (Fsp3) is 0.467. The van der Waals surface area contributed by atoms with Crippen LogP contribution in [0.15, 0.2) is 18.3 Å². The highest BCUT2D eigenvalue weighted by Crippen LogP contribution is 2.42. The van der Waals surface area contributed by atoms with Crippen LogP contribution >= 0.6 is 0 Å². The van der Waals surface area contributed by atoms with Gasteiger partial charge in [-0.1, -0.05) is 18.9 Å². The molecule has 0 bridgehead atoms. The van der Waals surface area contributed by atoms with Gasteiger partial charge in [-0.15, -0.1) is 0 Å². The quantitative estimate of drug-likeness (QED) is 0.837. The van der Waals surface area contributed by atoms with E-state index in [9.17, 15) is 14.4 Å². The number of nitrogens with zero attached hydrogens (tertiary/aromatic N) is 2. The number of amides is 4. The van der Waals surface area contributed by atoms with Crippen molar-refractivity contribution in [1.29, 1.82) is 0 Å². The zero-order valence-corrected chi connectivity index (χ0v) is 11.9. The number of aromatic nitrogens is 1. The molecular formula is C15H17N3O3. The smallest absolute Gasteiger partial charge is 0.277 e. The lowest BCUT2D eigenvalue weighted by Gasteiger charge is -2.36. The number of barbiturate groups is 1. The van der Waals surface area contributed by atoms with Crippen molar-refractivity contribution in [3.8, 4) is 0 Å². The highest BCUT2D eigenvalue weighted by Gasteiger charge is 2.54. The van der Waals surface area contributed by atoms with Crippen molar-refractivity contribution in [3.05, 3.63) is 29.6 Å². The molecule has 4 amide bonds. The van der Waals surface area contributed by atoms with Gasteiger partial charge in [-0.05, 0) is 31.4 Å². The number of hydrogen-bond donors (Lipinski definition) is 1. The van der Waals surface area contributed by atoms with Crippen LogP contribution in [0.5, 0.6) is 0 Å². The largest absolute Gasteiger partial charge is 0.331 e. The fourth-order valence-corrected chi connectivity index (χ4v) is 3.13. The second-order valence-electron chi connectivity index (χ2n) is 5.71. The molecule has 0 radical (unpaired) electrons. The van der Waals surface area contributed by atoms with Gasteiger partial charge in [-0.25, -0.2) is 4.79 Å². The highest BCUT2D eigenvalue weighted by molar-refractivity contribution is 6.19. The van der Waals surface area contributed by atoms with Crippen molar-refractivity contribution in [2.45, 2.75) is 39.2 Å². The van der Waals surface area contributed by atoms with E-state index in [1.54, 1.807) is 12.3 Å². The summed E-state index contributed by atoms with van der Waals surface area (Å²) in [5.41, 5.74) is 0.537. The Morgan fingerprint density at radius 1 is 1.29 bits per heavy atom. The minimum Gasteiger partial charge on any atom is -0.277 e. The van der Waals surface area contributed by atoms with Gasteiger partial charge in [-0.3, -0.25) is 24.8 Å². The summed E-state index contributed by atoms with van der Waals surface area (Å²) in [4.78, 5) is 42.2. The van der Waals surface area contributed by atoms with E-state index in [0.29, 0.717) is 18.5 Å². The first-order chi connectivity index (χ1) is 10.0. The predicted molar refractivity (Wildman–Crippen MR) is 74.0 cm³/mol. The molecule has 6 nitrogen and oxygen atoms in total. The Morgan fingerprint density at radius 3 is 2.67 bits per heavy atom. The van der Waals surface area contributed by atoms with E-state index in [1.165, 1.54) is 0 Å². The minimum absolute atomic E-state index is 0.104. The second-order valence-corrected chi connectivity index (χ2v) is 5.71. The lowest BCUT2D eigenvalue weighted by Crippen LogP contribution is -2.62. The molecule has 1 saturated heterocycles. The van der Waals surface area contributed by atoms with Crippen molar-refractivity contribution >= 4 is 17.8 Å². The summed E-state index contributed by atoms with van der Waals surface area (Å²) in [6.45, 7) is 1.98. The fourth-order valence-electron chi connectivity index (χ4n) is 3.13. The molecule has 0 unspecified atom stereocenters. The maximum absolute atomic E-state index is 12.7. The molecule has 0 aromatic carbocycles. The summed E-state index contributed by atoms with van der Waals surface area (Å²) in [6.07, 6.45) is 4.34. The molecule has 1 spiro atoms. The van der Waals surface area contributed by atoms with Crippen LogP contribution in [0.25, 0.3) is 0 Å². The van der Waals surface area contributed by atoms with Crippen LogP contribution in [0.3, 0.4) is 0 Å². The molecule has 1 aromatic rings. The summed E-state index contributed by atoms with van der Waals surface area (Å²) in [5.74, 6) is -0.817. The zero-order valence-electron chi connectivity index (χ0n) is 11.9. The molecule has 110 valence electrons. The Kier molecular flexibility index (Phi) is 3.23. The van der Waals surface area contributed by atoms with E-state index >= 15 is 0 Å². The van der Waals surface area contributed by atoms with Crippen molar-refractivity contribution in [2.24, 2.45) is 5.41 Å². The van der Waals surface area contributed by atoms with Crippen LogP contribution < -0.4 is 5.32 Å². The second kappa shape index (κ2) is 4.95. The lowest BCUT2D eigenvalue weighted by molar-refractivity contribution is -0.151. The van der Waals surface area contributed by atoms with Gasteiger partial charge in [0.2, 0.25) is 11.8 Å². The number of nitrogens with one attached hydrogen (secondary N) is 1. The lowest BCUT2D eigenvalue weighted by atomic mass is 9.82. The van der Waals surface area contributed by atoms with Crippen molar-refractivity contribution in [3.63, 3.8) is 0 Å². The van der Waals surface area contributed by atoms with E-state index in [-0.39, 0.29) is 12.5 Å². The molecule has 6 heteroatoms. The number of imide groups is 2. The molecule has 21 heavy (non-hydrogen) atoms. The van der Waals surface area contributed by atoms with Gasteiger partial charge in [0.15, 0.2) is 0 Å². The van der Waals surface area contributed by atoms with Gasteiger partial charge in [0.05, 0.1) is 12.2 Å². The predicted octanol–water partition coefficient (Wildman–Crippen LogP) is 1.53. The van der Waals surface area contributed by atoms with Crippen LogP contribution in [-0.4, -0.2) is 27.7 Å². The average molecular weight is 287 g/mol. The van der Waals surface area contributed by atoms with Gasteiger partial charge in [0.1, 0.15) is 5.41 Å². The number of hydrogen-bond acceptors (Lipinski definition) is 4. The Morgan fingerprint density at radius 2 is 2.00 bits per heavy atom. The van der Waals surface area contributed by atoms with Crippen molar-refractivity contribution < 1.29 is 14.4 Å². The van der Waals surface area contributed by atoms with Gasteiger partial charge < -0.3 is 0 Å². The molecule has 1 N–H and O–H groups in total. The Balaban J connectivity index is 1.91. The third kappa shape index (κ3) is 2.11. The zero-order chi connectivity index (χ0) is 15.0. The van der Waals surface area contributed by atoms with Crippen LogP contribution in [0.4, 0.5) is 4.79 Å². The summed E-state index contributed by atoms with van der Waals surface area (Å²) in [6, 6.07) is 3.04. The van der Waals surface area contributed by atoms with E-state index in [2.05, 4.69) is 10.3 Å². The SMILES string of the molecule is Cc1cccnc1CN1C(=O)NC(=O)C2(CCCC2)C1=O. The van der Waals surface area contributed by atoms with Gasteiger partial charge >= 0.3 is 6.03 Å². The topological polar surface area (TPSA) is 79.4 Å². The molecule has 1 saturated carbocycles. The van der Waals surface area contributed by atoms with Gasteiger partial charge in [0, 0.05) is 6.20 Å². The maximum Gasteiger partial charge on any atom is 0.331 e. The van der Waals surface area contributed by atoms with Gasteiger partial charge in [-0.2, -0.15) is 0 Å². The molecule has 0 atom stereocenters. The van der Waals surface area contributed by atoms with E-state index in [4.69, 9.17) is 0 Å².